The molecule has 0 amide bonds. The Kier molecular flexibility index (Phi) is 5.79. The molecule has 2 saturated heterocycles. The molecular weight excluding hydrogens is 400 g/mol. The fourth-order valence-electron chi connectivity index (χ4n) is 4.50. The van der Waals surface area contributed by atoms with Crippen LogP contribution in [0.2, 0.25) is 0 Å². The number of aromatic nitrogens is 2. The Morgan fingerprint density at radius 1 is 0.625 bits per heavy atom. The van der Waals surface area contributed by atoms with E-state index in [0.29, 0.717) is 5.82 Å². The zero-order chi connectivity index (χ0) is 21.9. The van der Waals surface area contributed by atoms with Crippen LogP contribution in [-0.2, 0) is 0 Å². The molecular formula is C24H30N8. The number of nitrogens with zero attached hydrogens (tertiary/aromatic N) is 4. The quantitative estimate of drug-likeness (QED) is 0.496. The van der Waals surface area contributed by atoms with E-state index < -0.39 is 0 Å². The van der Waals surface area contributed by atoms with Gasteiger partial charge in [0.1, 0.15) is 5.82 Å². The minimum absolute atomic E-state index is 0.185. The summed E-state index contributed by atoms with van der Waals surface area (Å²) in [5, 5.41) is 6.78. The smallest absolute Gasteiger partial charge is 0.222 e. The molecule has 0 atom stereocenters. The second-order valence-electron chi connectivity index (χ2n) is 8.26. The fraction of sp³-hybridized carbons (Fsp3) is 0.333. The molecule has 2 fully saturated rings. The molecule has 3 aromatic rings. The van der Waals surface area contributed by atoms with Gasteiger partial charge in [-0.05, 0) is 29.8 Å². The molecule has 0 spiro atoms. The molecule has 6 N–H and O–H groups in total. The Bertz CT molecular complexity index is 1050. The molecule has 8 heteroatoms. The predicted octanol–water partition coefficient (Wildman–Crippen LogP) is 1.79. The van der Waals surface area contributed by atoms with Crippen LogP contribution in [0.4, 0.5) is 23.1 Å². The highest BCUT2D eigenvalue weighted by atomic mass is 15.2. The van der Waals surface area contributed by atoms with Gasteiger partial charge in [0.15, 0.2) is 0 Å². The lowest BCUT2D eigenvalue weighted by Crippen LogP contribution is -2.43. The molecule has 1 aromatic heterocycles. The van der Waals surface area contributed by atoms with Crippen molar-refractivity contribution in [3.8, 4) is 22.4 Å². The van der Waals surface area contributed by atoms with E-state index in [9.17, 15) is 0 Å². The molecule has 0 aliphatic carbocycles. The third-order valence-corrected chi connectivity index (χ3v) is 6.22. The first-order valence-electron chi connectivity index (χ1n) is 11.2. The van der Waals surface area contributed by atoms with Gasteiger partial charge in [0, 0.05) is 69.3 Å². The minimum atomic E-state index is 0.185. The highest BCUT2D eigenvalue weighted by Gasteiger charge is 2.18. The second kappa shape index (κ2) is 9.02. The summed E-state index contributed by atoms with van der Waals surface area (Å²) in [5.41, 5.74) is 18.3. The molecule has 2 aliphatic rings. The summed E-state index contributed by atoms with van der Waals surface area (Å²) in [6.45, 7) is 8.08. The van der Waals surface area contributed by atoms with E-state index in [-0.39, 0.29) is 5.95 Å². The van der Waals surface area contributed by atoms with Crippen LogP contribution in [0.3, 0.4) is 0 Å². The maximum absolute atomic E-state index is 6.35. The van der Waals surface area contributed by atoms with Crippen LogP contribution in [0.25, 0.3) is 22.4 Å². The van der Waals surface area contributed by atoms with Gasteiger partial charge in [-0.15, -0.1) is 0 Å². The number of nitrogens with two attached hydrogens (primary N) is 2. The molecule has 0 bridgehead atoms. The Labute approximate surface area is 188 Å². The number of piperazine rings is 2. The SMILES string of the molecule is Nc1nc(N)c(-c2ccc(N3CCNCC3)cc2)c(-c2ccc(N3CCNCC3)cc2)n1. The largest absolute Gasteiger partial charge is 0.383 e. The van der Waals surface area contributed by atoms with Gasteiger partial charge in [0.05, 0.1) is 11.3 Å². The number of hydrogen-bond donors (Lipinski definition) is 4. The summed E-state index contributed by atoms with van der Waals surface area (Å²) >= 11 is 0. The van der Waals surface area contributed by atoms with Gasteiger partial charge in [-0.2, -0.15) is 4.98 Å². The van der Waals surface area contributed by atoms with E-state index >= 15 is 0 Å². The van der Waals surface area contributed by atoms with Crippen LogP contribution >= 0.6 is 0 Å². The summed E-state index contributed by atoms with van der Waals surface area (Å²) in [6.07, 6.45) is 0. The average molecular weight is 431 g/mol. The monoisotopic (exact) mass is 430 g/mol. The summed E-state index contributed by atoms with van der Waals surface area (Å²) in [6, 6.07) is 17.0. The maximum Gasteiger partial charge on any atom is 0.222 e. The van der Waals surface area contributed by atoms with Gasteiger partial charge in [-0.1, -0.05) is 24.3 Å². The lowest BCUT2D eigenvalue weighted by Gasteiger charge is -2.29. The number of rotatable bonds is 4. The predicted molar refractivity (Wildman–Crippen MR) is 132 cm³/mol. The van der Waals surface area contributed by atoms with Crippen molar-refractivity contribution in [2.45, 2.75) is 0 Å². The zero-order valence-electron chi connectivity index (χ0n) is 18.2. The molecule has 0 unspecified atom stereocenters. The van der Waals surface area contributed by atoms with Crippen LogP contribution in [0.5, 0.6) is 0 Å². The van der Waals surface area contributed by atoms with Gasteiger partial charge in [0.25, 0.3) is 0 Å². The summed E-state index contributed by atoms with van der Waals surface area (Å²) in [5.74, 6) is 0.582. The molecule has 0 saturated carbocycles. The van der Waals surface area contributed by atoms with Crippen LogP contribution < -0.4 is 31.9 Å². The third-order valence-electron chi connectivity index (χ3n) is 6.22. The lowest BCUT2D eigenvalue weighted by molar-refractivity contribution is 0.589. The lowest BCUT2D eigenvalue weighted by atomic mass is 9.99. The van der Waals surface area contributed by atoms with Crippen molar-refractivity contribution in [1.29, 1.82) is 0 Å². The highest BCUT2D eigenvalue weighted by Crippen LogP contribution is 2.36. The van der Waals surface area contributed by atoms with Crippen molar-refractivity contribution in [1.82, 2.24) is 20.6 Å². The Morgan fingerprint density at radius 3 is 1.59 bits per heavy atom. The molecule has 5 rings (SSSR count). The topological polar surface area (TPSA) is 108 Å². The summed E-state index contributed by atoms with van der Waals surface area (Å²) < 4.78 is 0. The number of hydrogen-bond acceptors (Lipinski definition) is 8. The number of nitrogen functional groups attached to an aromatic ring is 2. The van der Waals surface area contributed by atoms with Crippen molar-refractivity contribution in [3.63, 3.8) is 0 Å². The minimum Gasteiger partial charge on any atom is -0.383 e. The van der Waals surface area contributed by atoms with E-state index in [2.05, 4.69) is 78.9 Å². The van der Waals surface area contributed by atoms with Gasteiger partial charge in [-0.3, -0.25) is 0 Å². The van der Waals surface area contributed by atoms with E-state index in [1.54, 1.807) is 0 Å². The van der Waals surface area contributed by atoms with Crippen molar-refractivity contribution in [3.05, 3.63) is 48.5 Å². The number of benzene rings is 2. The van der Waals surface area contributed by atoms with Gasteiger partial charge in [-0.25, -0.2) is 4.98 Å². The Balaban J connectivity index is 1.47. The third kappa shape index (κ3) is 4.19. The van der Waals surface area contributed by atoms with E-state index in [1.165, 1.54) is 11.4 Å². The molecule has 166 valence electrons. The average Bonchev–Trinajstić information content (AvgIpc) is 2.85. The van der Waals surface area contributed by atoms with Crippen LogP contribution in [-0.4, -0.2) is 62.3 Å². The van der Waals surface area contributed by atoms with Gasteiger partial charge < -0.3 is 31.9 Å². The van der Waals surface area contributed by atoms with Crippen molar-refractivity contribution < 1.29 is 0 Å². The van der Waals surface area contributed by atoms with Crippen molar-refractivity contribution >= 4 is 23.1 Å². The zero-order valence-corrected chi connectivity index (χ0v) is 18.2. The van der Waals surface area contributed by atoms with Gasteiger partial charge >= 0.3 is 0 Å². The molecule has 32 heavy (non-hydrogen) atoms. The number of anilines is 4. The van der Waals surface area contributed by atoms with Crippen LogP contribution in [0.1, 0.15) is 0 Å². The number of nitrogens with one attached hydrogen (secondary N) is 2. The normalized spacial score (nSPS) is 16.9. The first-order valence-corrected chi connectivity index (χ1v) is 11.2. The second-order valence-corrected chi connectivity index (χ2v) is 8.26. The molecule has 0 radical (unpaired) electrons. The summed E-state index contributed by atoms with van der Waals surface area (Å²) in [4.78, 5) is 13.6. The van der Waals surface area contributed by atoms with E-state index in [4.69, 9.17) is 11.5 Å². The Morgan fingerprint density at radius 2 is 1.09 bits per heavy atom. The van der Waals surface area contributed by atoms with Crippen LogP contribution in [0.15, 0.2) is 48.5 Å². The highest BCUT2D eigenvalue weighted by molar-refractivity contribution is 5.88. The molecule has 2 aromatic carbocycles. The van der Waals surface area contributed by atoms with Crippen molar-refractivity contribution in [2.24, 2.45) is 0 Å². The summed E-state index contributed by atoms with van der Waals surface area (Å²) in [7, 11) is 0. The van der Waals surface area contributed by atoms with Crippen molar-refractivity contribution in [2.75, 3.05) is 73.6 Å². The Hall–Kier alpha value is -3.36. The molecule has 2 aliphatic heterocycles. The van der Waals surface area contributed by atoms with Gasteiger partial charge in [0.2, 0.25) is 5.95 Å². The van der Waals surface area contributed by atoms with E-state index in [1.807, 2.05) is 0 Å². The van der Waals surface area contributed by atoms with Crippen LogP contribution in [0, 0.1) is 0 Å². The maximum atomic E-state index is 6.35. The molecule has 8 nitrogen and oxygen atoms in total. The fourth-order valence-corrected chi connectivity index (χ4v) is 4.50. The molecule has 3 heterocycles. The first kappa shape index (κ1) is 20.5. The van der Waals surface area contributed by atoms with E-state index in [0.717, 1.165) is 74.7 Å². The first-order chi connectivity index (χ1) is 15.7. The standard InChI is InChI=1S/C24H30N8/c25-23-21(17-1-5-19(6-2-17)31-13-9-27-10-14-31)22(29-24(26)30-23)18-3-7-20(8-4-18)32-15-11-28-12-16-32/h1-8,27-28H,9-16H2,(H4,25,26,29,30).